The van der Waals surface area contributed by atoms with Crippen LogP contribution in [0.25, 0.3) is 0 Å². The zero-order chi connectivity index (χ0) is 14.3. The lowest BCUT2D eigenvalue weighted by Gasteiger charge is -2.33. The van der Waals surface area contributed by atoms with Gasteiger partial charge in [0.15, 0.2) is 0 Å². The normalized spacial score (nSPS) is 18.6. The molecule has 1 N–H and O–H groups in total. The first-order valence-electron chi connectivity index (χ1n) is 7.69. The third-order valence-corrected chi connectivity index (χ3v) is 3.95. The van der Waals surface area contributed by atoms with Crippen LogP contribution in [0.4, 0.5) is 0 Å². The number of amides is 1. The molecule has 4 nitrogen and oxygen atoms in total. The van der Waals surface area contributed by atoms with Gasteiger partial charge < -0.3 is 10.2 Å². The summed E-state index contributed by atoms with van der Waals surface area (Å²) in [5.74, 6) is 1.01. The fourth-order valence-corrected chi connectivity index (χ4v) is 2.52. The summed E-state index contributed by atoms with van der Waals surface area (Å²) in [4.78, 5) is 16.5. The molecule has 0 spiro atoms. The van der Waals surface area contributed by atoms with E-state index in [1.165, 1.54) is 6.42 Å². The predicted octanol–water partition coefficient (Wildman–Crippen LogP) is 1.56. The van der Waals surface area contributed by atoms with Gasteiger partial charge in [-0.25, -0.2) is 0 Å². The zero-order valence-corrected chi connectivity index (χ0v) is 13.1. The lowest BCUT2D eigenvalue weighted by molar-refractivity contribution is -0.131. The van der Waals surface area contributed by atoms with Crippen LogP contribution in [0, 0.1) is 5.92 Å². The molecule has 1 amide bonds. The maximum absolute atomic E-state index is 12.2. The molecule has 1 aliphatic heterocycles. The summed E-state index contributed by atoms with van der Waals surface area (Å²) in [6.45, 7) is 11.7. The molecular formula is C15H31N3O. The molecule has 0 bridgehead atoms. The van der Waals surface area contributed by atoms with Gasteiger partial charge in [-0.05, 0) is 25.7 Å². The second-order valence-electron chi connectivity index (χ2n) is 6.19. The van der Waals surface area contributed by atoms with Crippen LogP contribution in [-0.4, -0.2) is 61.5 Å². The second kappa shape index (κ2) is 8.54. The highest BCUT2D eigenvalue weighted by Gasteiger charge is 2.20. The van der Waals surface area contributed by atoms with Gasteiger partial charge in [-0.15, -0.1) is 0 Å². The van der Waals surface area contributed by atoms with E-state index in [1.54, 1.807) is 0 Å². The van der Waals surface area contributed by atoms with Crippen molar-refractivity contribution >= 4 is 5.91 Å². The summed E-state index contributed by atoms with van der Waals surface area (Å²) in [7, 11) is 1.94. The number of hydrogen-bond donors (Lipinski definition) is 1. The number of nitrogens with zero attached hydrogens (tertiary/aromatic N) is 2. The Kier molecular flexibility index (Phi) is 7.39. The van der Waals surface area contributed by atoms with Gasteiger partial charge in [0.05, 0.1) is 0 Å². The van der Waals surface area contributed by atoms with Gasteiger partial charge in [0.1, 0.15) is 0 Å². The van der Waals surface area contributed by atoms with Crippen molar-refractivity contribution in [2.45, 2.75) is 46.1 Å². The smallest absolute Gasteiger partial charge is 0.223 e. The lowest BCUT2D eigenvalue weighted by Crippen LogP contribution is -2.48. The van der Waals surface area contributed by atoms with E-state index in [0.29, 0.717) is 12.5 Å². The molecule has 1 fully saturated rings. The molecule has 1 unspecified atom stereocenters. The van der Waals surface area contributed by atoms with E-state index in [1.807, 2.05) is 11.9 Å². The molecule has 0 saturated carbocycles. The Morgan fingerprint density at radius 1 is 1.26 bits per heavy atom. The molecule has 0 aliphatic carbocycles. The second-order valence-corrected chi connectivity index (χ2v) is 6.19. The Bertz CT molecular complexity index is 262. The van der Waals surface area contributed by atoms with Crippen molar-refractivity contribution in [3.63, 3.8) is 0 Å². The van der Waals surface area contributed by atoms with Crippen molar-refractivity contribution in [2.75, 3.05) is 39.8 Å². The molecule has 0 aromatic carbocycles. The van der Waals surface area contributed by atoms with E-state index in [2.05, 4.69) is 31.0 Å². The maximum atomic E-state index is 12.2. The number of rotatable bonds is 7. The lowest BCUT2D eigenvalue weighted by atomic mass is 10.1. The number of piperazine rings is 1. The molecule has 1 aliphatic rings. The fourth-order valence-electron chi connectivity index (χ4n) is 2.52. The molecule has 1 rings (SSSR count). The summed E-state index contributed by atoms with van der Waals surface area (Å²) in [6, 6.07) is 0.363. The van der Waals surface area contributed by atoms with Crippen LogP contribution in [0.15, 0.2) is 0 Å². The molecule has 0 aromatic heterocycles. The van der Waals surface area contributed by atoms with E-state index in [4.69, 9.17) is 0 Å². The van der Waals surface area contributed by atoms with Gasteiger partial charge in [0, 0.05) is 52.2 Å². The summed E-state index contributed by atoms with van der Waals surface area (Å²) in [5, 5.41) is 3.35. The zero-order valence-electron chi connectivity index (χ0n) is 13.1. The van der Waals surface area contributed by atoms with Crippen LogP contribution in [0.3, 0.4) is 0 Å². The molecule has 0 radical (unpaired) electrons. The number of carbonyl (C=O) groups excluding carboxylic acids is 1. The Morgan fingerprint density at radius 3 is 2.47 bits per heavy atom. The molecule has 1 atom stereocenters. The van der Waals surface area contributed by atoms with E-state index in [-0.39, 0.29) is 5.91 Å². The van der Waals surface area contributed by atoms with Gasteiger partial charge in [0.25, 0.3) is 0 Å². The van der Waals surface area contributed by atoms with Gasteiger partial charge in [-0.1, -0.05) is 13.8 Å². The maximum Gasteiger partial charge on any atom is 0.223 e. The van der Waals surface area contributed by atoms with Crippen LogP contribution in [-0.2, 0) is 4.79 Å². The molecule has 112 valence electrons. The van der Waals surface area contributed by atoms with Gasteiger partial charge >= 0.3 is 0 Å². The van der Waals surface area contributed by atoms with E-state index >= 15 is 0 Å². The summed E-state index contributed by atoms with van der Waals surface area (Å²) in [5.41, 5.74) is 0. The molecule has 1 heterocycles. The molecule has 1 saturated heterocycles. The summed E-state index contributed by atoms with van der Waals surface area (Å²) in [6.07, 6.45) is 2.96. The Morgan fingerprint density at radius 2 is 1.89 bits per heavy atom. The predicted molar refractivity (Wildman–Crippen MR) is 80.2 cm³/mol. The molecule has 0 aromatic rings. The first-order chi connectivity index (χ1) is 9.00. The van der Waals surface area contributed by atoms with Crippen LogP contribution >= 0.6 is 0 Å². The third-order valence-electron chi connectivity index (χ3n) is 3.95. The minimum atomic E-state index is 0.287. The topological polar surface area (TPSA) is 35.6 Å². The monoisotopic (exact) mass is 269 g/mol. The number of nitrogens with one attached hydrogen (secondary N) is 1. The number of carbonyl (C=O) groups is 1. The quantitative estimate of drug-likeness (QED) is 0.762. The number of hydrogen-bond acceptors (Lipinski definition) is 3. The van der Waals surface area contributed by atoms with Crippen LogP contribution in [0.5, 0.6) is 0 Å². The highest BCUT2D eigenvalue weighted by Crippen LogP contribution is 2.09. The van der Waals surface area contributed by atoms with E-state index < -0.39 is 0 Å². The van der Waals surface area contributed by atoms with Gasteiger partial charge in [0.2, 0.25) is 5.91 Å². The molecule has 4 heteroatoms. The summed E-state index contributed by atoms with van der Waals surface area (Å²) < 4.78 is 0. The standard InChI is InChI=1S/C15H31N3O/c1-13(2)6-5-9-17(4)15(19)12-14(3)18-10-7-16-8-11-18/h13-14,16H,5-12H2,1-4H3. The Labute approximate surface area is 118 Å². The average Bonchev–Trinajstić information content (AvgIpc) is 2.39. The Balaban J connectivity index is 2.24. The largest absolute Gasteiger partial charge is 0.346 e. The SMILES string of the molecule is CC(C)CCCN(C)C(=O)CC(C)N1CCNCC1. The van der Waals surface area contributed by atoms with Crippen molar-refractivity contribution in [1.82, 2.24) is 15.1 Å². The first kappa shape index (κ1) is 16.4. The van der Waals surface area contributed by atoms with Crippen molar-refractivity contribution in [3.05, 3.63) is 0 Å². The average molecular weight is 269 g/mol. The fraction of sp³-hybridized carbons (Fsp3) is 0.933. The third kappa shape index (κ3) is 6.39. The minimum absolute atomic E-state index is 0.287. The molecular weight excluding hydrogens is 238 g/mol. The van der Waals surface area contributed by atoms with Crippen molar-refractivity contribution < 1.29 is 4.79 Å². The van der Waals surface area contributed by atoms with Crippen LogP contribution < -0.4 is 5.32 Å². The van der Waals surface area contributed by atoms with E-state index in [0.717, 1.165) is 45.1 Å². The van der Waals surface area contributed by atoms with Crippen molar-refractivity contribution in [3.8, 4) is 0 Å². The van der Waals surface area contributed by atoms with Crippen LogP contribution in [0.1, 0.15) is 40.0 Å². The molecule has 19 heavy (non-hydrogen) atoms. The van der Waals surface area contributed by atoms with Gasteiger partial charge in [-0.3, -0.25) is 9.69 Å². The Hall–Kier alpha value is -0.610. The highest BCUT2D eigenvalue weighted by molar-refractivity contribution is 5.76. The summed E-state index contributed by atoms with van der Waals surface area (Å²) >= 11 is 0. The first-order valence-corrected chi connectivity index (χ1v) is 7.69. The van der Waals surface area contributed by atoms with Gasteiger partial charge in [-0.2, -0.15) is 0 Å². The van der Waals surface area contributed by atoms with Crippen molar-refractivity contribution in [1.29, 1.82) is 0 Å². The van der Waals surface area contributed by atoms with E-state index in [9.17, 15) is 4.79 Å². The minimum Gasteiger partial charge on any atom is -0.346 e. The van der Waals surface area contributed by atoms with Crippen molar-refractivity contribution in [2.24, 2.45) is 5.92 Å². The highest BCUT2D eigenvalue weighted by atomic mass is 16.2. The van der Waals surface area contributed by atoms with Crippen LogP contribution in [0.2, 0.25) is 0 Å².